The van der Waals surface area contributed by atoms with E-state index in [1.54, 1.807) is 13.8 Å². The van der Waals surface area contributed by atoms with Crippen molar-refractivity contribution >= 4 is 52.2 Å². The van der Waals surface area contributed by atoms with E-state index in [0.717, 1.165) is 26.3 Å². The second kappa shape index (κ2) is 10.7. The Kier molecular flexibility index (Phi) is 7.79. The second-order valence-electron chi connectivity index (χ2n) is 11.2. The number of benzene rings is 2. The molecule has 0 radical (unpaired) electrons. The molecule has 210 valence electrons. The van der Waals surface area contributed by atoms with Gasteiger partial charge >= 0.3 is 25.9 Å². The van der Waals surface area contributed by atoms with Crippen molar-refractivity contribution in [2.24, 2.45) is 0 Å². The fraction of sp³-hybridized carbons (Fsp3) is 0.333. The van der Waals surface area contributed by atoms with Crippen LogP contribution in [-0.4, -0.2) is 36.4 Å². The lowest BCUT2D eigenvalue weighted by Gasteiger charge is -2.43. The van der Waals surface area contributed by atoms with Crippen molar-refractivity contribution in [3.8, 4) is 0 Å². The van der Waals surface area contributed by atoms with Gasteiger partial charge in [-0.05, 0) is 48.7 Å². The van der Waals surface area contributed by atoms with Crippen LogP contribution < -0.4 is 21.6 Å². The molecular weight excluding hydrogens is 544 g/mol. The molecule has 0 atom stereocenters. The maximum Gasteiger partial charge on any atom is 0.348 e. The van der Waals surface area contributed by atoms with E-state index in [0.29, 0.717) is 5.56 Å². The summed E-state index contributed by atoms with van der Waals surface area (Å²) in [6.45, 7) is 12.6. The summed E-state index contributed by atoms with van der Waals surface area (Å²) >= 11 is 0.983. The van der Waals surface area contributed by atoms with Gasteiger partial charge in [0.05, 0.1) is 12.0 Å². The van der Waals surface area contributed by atoms with Crippen LogP contribution in [0.1, 0.15) is 56.8 Å². The number of ether oxygens (including phenoxy) is 1. The Morgan fingerprint density at radius 3 is 1.93 bits per heavy atom. The van der Waals surface area contributed by atoms with Gasteiger partial charge in [0.1, 0.15) is 15.2 Å². The van der Waals surface area contributed by atoms with E-state index in [-0.39, 0.29) is 21.7 Å². The molecule has 2 heterocycles. The summed E-state index contributed by atoms with van der Waals surface area (Å²) in [7, 11) is -3.31. The first kappa shape index (κ1) is 29.2. The minimum absolute atomic E-state index is 0.166. The highest BCUT2D eigenvalue weighted by Crippen LogP contribution is 2.38. The second-order valence-corrected chi connectivity index (χ2v) is 16.4. The van der Waals surface area contributed by atoms with Crippen LogP contribution in [0.25, 0.3) is 10.2 Å². The zero-order valence-electron chi connectivity index (χ0n) is 23.8. The van der Waals surface area contributed by atoms with Crippen molar-refractivity contribution in [3.05, 3.63) is 91.9 Å². The maximum atomic E-state index is 14.2. The molecule has 0 aliphatic carbocycles. The zero-order chi connectivity index (χ0) is 29.5. The Morgan fingerprint density at radius 2 is 1.45 bits per heavy atom. The van der Waals surface area contributed by atoms with Crippen molar-refractivity contribution in [2.45, 2.75) is 59.0 Å². The van der Waals surface area contributed by atoms with E-state index in [2.05, 4.69) is 4.98 Å². The molecule has 8 nitrogen and oxygen atoms in total. The molecule has 0 aliphatic heterocycles. The predicted molar refractivity (Wildman–Crippen MR) is 160 cm³/mol. The van der Waals surface area contributed by atoms with Crippen LogP contribution in [0.15, 0.2) is 70.3 Å². The van der Waals surface area contributed by atoms with Gasteiger partial charge in [0.2, 0.25) is 0 Å². The highest BCUT2D eigenvalue weighted by molar-refractivity contribution is 7.20. The molecule has 0 unspecified atom stereocenters. The molecule has 0 saturated carbocycles. The Bertz CT molecular complexity index is 1640. The van der Waals surface area contributed by atoms with Gasteiger partial charge in [-0.1, -0.05) is 81.4 Å². The monoisotopic (exact) mass is 578 g/mol. The molecule has 0 amide bonds. The van der Waals surface area contributed by atoms with Crippen LogP contribution in [-0.2, 0) is 19.5 Å². The Balaban J connectivity index is 1.91. The summed E-state index contributed by atoms with van der Waals surface area (Å²) in [5.74, 6) is -1.27. The summed E-state index contributed by atoms with van der Waals surface area (Å²) in [6, 6.07) is 19.3. The number of H-pyrrole nitrogens is 1. The normalized spacial score (nSPS) is 12.4. The van der Waals surface area contributed by atoms with Gasteiger partial charge in [-0.15, -0.1) is 11.3 Å². The molecular formula is C30H34N2O6SSi. The number of carbonyl (C=O) groups is 2. The number of hydrogen-bond donors (Lipinski definition) is 1. The van der Waals surface area contributed by atoms with E-state index in [9.17, 15) is 19.2 Å². The number of thiophene rings is 1. The van der Waals surface area contributed by atoms with E-state index >= 15 is 0 Å². The van der Waals surface area contributed by atoms with Gasteiger partial charge in [-0.2, -0.15) is 0 Å². The maximum absolute atomic E-state index is 14.2. The average molecular weight is 579 g/mol. The molecule has 1 N–H and O–H groups in total. The number of esters is 1. The summed E-state index contributed by atoms with van der Waals surface area (Å²) in [5, 5.41) is 1.45. The third-order valence-corrected chi connectivity index (χ3v) is 13.3. The lowest BCUT2D eigenvalue weighted by molar-refractivity contribution is -0.144. The molecule has 4 rings (SSSR count). The Morgan fingerprint density at radius 1 is 0.925 bits per heavy atom. The summed E-state index contributed by atoms with van der Waals surface area (Å²) < 4.78 is 12.6. The van der Waals surface area contributed by atoms with E-state index in [4.69, 9.17) is 9.16 Å². The first-order valence-electron chi connectivity index (χ1n) is 13.1. The van der Waals surface area contributed by atoms with Gasteiger partial charge in [-0.25, -0.2) is 14.2 Å². The van der Waals surface area contributed by atoms with E-state index < -0.39 is 42.1 Å². The minimum atomic E-state index is -3.31. The Hall–Kier alpha value is -3.76. The van der Waals surface area contributed by atoms with Gasteiger partial charge < -0.3 is 9.16 Å². The standard InChI is InChI=1S/C30H34N2O6SSi/c1-8-37-26(34)23-19(2)22-24(39-23)31-28(36)32(25(22)33)30(6,7)27(35)38-40(29(3,4)5,20-15-11-9-12-16-20)21-17-13-10-14-18-21/h9-18H,8H2,1-7H3,(H,31,36). The topological polar surface area (TPSA) is 107 Å². The molecule has 0 bridgehead atoms. The van der Waals surface area contributed by atoms with E-state index in [1.807, 2.05) is 81.4 Å². The first-order valence-corrected chi connectivity index (χ1v) is 15.8. The smallest absolute Gasteiger partial charge is 0.348 e. The molecule has 0 aliphatic rings. The highest BCUT2D eigenvalue weighted by Gasteiger charge is 2.55. The average Bonchev–Trinajstić information content (AvgIpc) is 3.23. The van der Waals surface area contributed by atoms with Gasteiger partial charge in [0, 0.05) is 0 Å². The number of fused-ring (bicyclic) bond motifs is 1. The molecule has 0 fully saturated rings. The largest absolute Gasteiger partial charge is 0.508 e. The van der Waals surface area contributed by atoms with Crippen molar-refractivity contribution < 1.29 is 18.8 Å². The molecule has 0 spiro atoms. The summed E-state index contributed by atoms with van der Waals surface area (Å²) in [4.78, 5) is 57.0. The lowest BCUT2D eigenvalue weighted by Crippen LogP contribution is -2.69. The van der Waals surface area contributed by atoms with Gasteiger partial charge in [0.25, 0.3) is 5.56 Å². The fourth-order valence-electron chi connectivity index (χ4n) is 5.12. The number of rotatable bonds is 7. The zero-order valence-corrected chi connectivity index (χ0v) is 25.6. The number of aromatic amines is 1. The molecule has 10 heteroatoms. The van der Waals surface area contributed by atoms with Crippen molar-refractivity contribution in [3.63, 3.8) is 0 Å². The van der Waals surface area contributed by atoms with Crippen LogP contribution in [0.5, 0.6) is 0 Å². The summed E-state index contributed by atoms with van der Waals surface area (Å²) in [5.41, 5.74) is -2.72. The molecule has 0 saturated heterocycles. The van der Waals surface area contributed by atoms with Crippen LogP contribution in [0, 0.1) is 6.92 Å². The highest BCUT2D eigenvalue weighted by atomic mass is 32.1. The van der Waals surface area contributed by atoms with Crippen molar-refractivity contribution in [1.82, 2.24) is 9.55 Å². The van der Waals surface area contributed by atoms with E-state index in [1.165, 1.54) is 13.8 Å². The number of nitrogens with one attached hydrogen (secondary N) is 1. The van der Waals surface area contributed by atoms with Crippen LogP contribution in [0.3, 0.4) is 0 Å². The predicted octanol–water partition coefficient (Wildman–Crippen LogP) is 4.07. The minimum Gasteiger partial charge on any atom is -0.508 e. The van der Waals surface area contributed by atoms with Crippen LogP contribution >= 0.6 is 11.3 Å². The van der Waals surface area contributed by atoms with Gasteiger partial charge in [-0.3, -0.25) is 14.6 Å². The first-order chi connectivity index (χ1) is 18.8. The number of nitrogens with zero attached hydrogens (tertiary/aromatic N) is 1. The third-order valence-electron chi connectivity index (χ3n) is 7.17. The number of hydrogen-bond acceptors (Lipinski definition) is 7. The van der Waals surface area contributed by atoms with Crippen molar-refractivity contribution in [1.29, 1.82) is 0 Å². The number of carbonyl (C=O) groups excluding carboxylic acids is 2. The number of aromatic nitrogens is 2. The quantitative estimate of drug-likeness (QED) is 0.262. The van der Waals surface area contributed by atoms with Crippen molar-refractivity contribution in [2.75, 3.05) is 6.61 Å². The molecule has 2 aromatic heterocycles. The third kappa shape index (κ3) is 4.75. The molecule has 2 aromatic carbocycles. The molecule has 40 heavy (non-hydrogen) atoms. The lowest BCUT2D eigenvalue weighted by atomic mass is 10.1. The summed E-state index contributed by atoms with van der Waals surface area (Å²) in [6.07, 6.45) is 0. The van der Waals surface area contributed by atoms with Gasteiger partial charge in [0.15, 0.2) is 0 Å². The number of aryl methyl sites for hydroxylation is 1. The molecule has 4 aromatic rings. The van der Waals surface area contributed by atoms with Crippen LogP contribution in [0.4, 0.5) is 0 Å². The SMILES string of the molecule is CCOC(=O)c1sc2[nH]c(=O)n(C(C)(C)C(=O)O[Si](c3ccccc3)(c3ccccc3)C(C)(C)C)c(=O)c2c1C. The fourth-order valence-corrected chi connectivity index (χ4v) is 10.7. The van der Waals surface area contributed by atoms with Crippen LogP contribution in [0.2, 0.25) is 5.04 Å². The Labute approximate surface area is 237 Å².